The fraction of sp³-hybridized carbons (Fsp3) is 0.933. The number of piperidine rings is 1. The number of methoxy groups -OCH3 is 1. The number of likely N-dealkylation sites (tertiary alicyclic amines) is 1. The van der Waals surface area contributed by atoms with Crippen LogP contribution in [0.5, 0.6) is 0 Å². The molecule has 6 heteroatoms. The Kier molecular flexibility index (Phi) is 6.26. The Morgan fingerprint density at radius 2 is 2.10 bits per heavy atom. The van der Waals surface area contributed by atoms with E-state index in [1.807, 2.05) is 4.90 Å². The van der Waals surface area contributed by atoms with Crippen LogP contribution in [-0.2, 0) is 9.47 Å². The van der Waals surface area contributed by atoms with E-state index < -0.39 is 0 Å². The summed E-state index contributed by atoms with van der Waals surface area (Å²) in [5.41, 5.74) is 0. The van der Waals surface area contributed by atoms with Gasteiger partial charge in [0.05, 0.1) is 19.3 Å². The third-order valence-electron chi connectivity index (χ3n) is 4.43. The highest BCUT2D eigenvalue weighted by molar-refractivity contribution is 5.75. The Balaban J connectivity index is 1.75. The molecule has 0 aromatic heterocycles. The lowest BCUT2D eigenvalue weighted by atomic mass is 10.0. The van der Waals surface area contributed by atoms with Gasteiger partial charge in [0.1, 0.15) is 0 Å². The van der Waals surface area contributed by atoms with E-state index in [1.165, 1.54) is 0 Å². The molecule has 2 fully saturated rings. The summed E-state index contributed by atoms with van der Waals surface area (Å²) in [5.74, 6) is 0. The van der Waals surface area contributed by atoms with Crippen molar-refractivity contribution in [2.75, 3.05) is 46.5 Å². The first kappa shape index (κ1) is 16.5. The zero-order valence-corrected chi connectivity index (χ0v) is 13.5. The van der Waals surface area contributed by atoms with Gasteiger partial charge in [-0.3, -0.25) is 4.90 Å². The van der Waals surface area contributed by atoms with Crippen molar-refractivity contribution in [1.29, 1.82) is 0 Å². The molecule has 0 aromatic rings. The molecule has 3 unspecified atom stereocenters. The van der Waals surface area contributed by atoms with Gasteiger partial charge >= 0.3 is 6.03 Å². The molecule has 0 bridgehead atoms. The van der Waals surface area contributed by atoms with Crippen LogP contribution < -0.4 is 5.32 Å². The van der Waals surface area contributed by atoms with Gasteiger partial charge in [-0.25, -0.2) is 4.79 Å². The number of carbonyl (C=O) groups excluding carboxylic acids is 1. The minimum Gasteiger partial charge on any atom is -0.381 e. The molecule has 122 valence electrons. The zero-order valence-electron chi connectivity index (χ0n) is 13.5. The first-order valence-electron chi connectivity index (χ1n) is 8.00. The van der Waals surface area contributed by atoms with Crippen LogP contribution >= 0.6 is 0 Å². The molecule has 2 aliphatic heterocycles. The van der Waals surface area contributed by atoms with Crippen molar-refractivity contribution >= 4 is 6.03 Å². The second-order valence-corrected chi connectivity index (χ2v) is 6.19. The standard InChI is InChI=1S/C15H29N3O3/c1-12(11-17-6-8-21-9-7-17)16-15(19)18-5-4-14(20-3)10-13(18)2/h12-14H,4-11H2,1-3H3,(H,16,19). The molecule has 2 rings (SSSR count). The number of hydrogen-bond acceptors (Lipinski definition) is 4. The average Bonchev–Trinajstić information content (AvgIpc) is 2.47. The van der Waals surface area contributed by atoms with Gasteiger partial charge in [0.15, 0.2) is 0 Å². The van der Waals surface area contributed by atoms with Gasteiger partial charge in [-0.05, 0) is 26.7 Å². The van der Waals surface area contributed by atoms with Crippen molar-refractivity contribution in [3.05, 3.63) is 0 Å². The highest BCUT2D eigenvalue weighted by Crippen LogP contribution is 2.19. The molecule has 3 atom stereocenters. The summed E-state index contributed by atoms with van der Waals surface area (Å²) in [6.07, 6.45) is 2.13. The number of nitrogens with one attached hydrogen (secondary N) is 1. The molecule has 0 aliphatic carbocycles. The van der Waals surface area contributed by atoms with E-state index in [1.54, 1.807) is 7.11 Å². The third-order valence-corrected chi connectivity index (χ3v) is 4.43. The smallest absolute Gasteiger partial charge is 0.317 e. The van der Waals surface area contributed by atoms with E-state index in [9.17, 15) is 4.79 Å². The Morgan fingerprint density at radius 3 is 2.71 bits per heavy atom. The first-order chi connectivity index (χ1) is 10.1. The molecular formula is C15H29N3O3. The molecule has 21 heavy (non-hydrogen) atoms. The fourth-order valence-corrected chi connectivity index (χ4v) is 3.16. The van der Waals surface area contributed by atoms with Gasteiger partial charge in [0.25, 0.3) is 0 Å². The molecule has 1 N–H and O–H groups in total. The lowest BCUT2D eigenvalue weighted by molar-refractivity contribution is 0.0263. The maximum atomic E-state index is 12.4. The number of morpholine rings is 1. The molecule has 0 saturated carbocycles. The number of carbonyl (C=O) groups is 1. The summed E-state index contributed by atoms with van der Waals surface area (Å²) in [6, 6.07) is 0.444. The maximum absolute atomic E-state index is 12.4. The number of ether oxygens (including phenoxy) is 2. The summed E-state index contributed by atoms with van der Waals surface area (Å²) >= 11 is 0. The minimum atomic E-state index is 0.0535. The minimum absolute atomic E-state index is 0.0535. The van der Waals surface area contributed by atoms with Crippen LogP contribution in [0.1, 0.15) is 26.7 Å². The van der Waals surface area contributed by atoms with E-state index in [0.717, 1.165) is 52.2 Å². The molecular weight excluding hydrogens is 270 g/mol. The third kappa shape index (κ3) is 4.83. The normalized spacial score (nSPS) is 29.2. The van der Waals surface area contributed by atoms with Gasteiger partial charge in [0.2, 0.25) is 0 Å². The Bertz CT molecular complexity index is 334. The Morgan fingerprint density at radius 1 is 1.38 bits per heavy atom. The Hall–Kier alpha value is -0.850. The summed E-state index contributed by atoms with van der Waals surface area (Å²) in [4.78, 5) is 16.7. The maximum Gasteiger partial charge on any atom is 0.317 e. The van der Waals surface area contributed by atoms with Crippen molar-refractivity contribution in [2.45, 2.75) is 44.9 Å². The number of urea groups is 1. The van der Waals surface area contributed by atoms with E-state index in [2.05, 4.69) is 24.1 Å². The molecule has 0 spiro atoms. The quantitative estimate of drug-likeness (QED) is 0.838. The second kappa shape index (κ2) is 7.96. The summed E-state index contributed by atoms with van der Waals surface area (Å²) in [7, 11) is 1.75. The predicted molar refractivity (Wildman–Crippen MR) is 81.5 cm³/mol. The fourth-order valence-electron chi connectivity index (χ4n) is 3.16. The van der Waals surface area contributed by atoms with Crippen LogP contribution in [0.4, 0.5) is 4.79 Å². The number of nitrogens with zero attached hydrogens (tertiary/aromatic N) is 2. The van der Waals surface area contributed by atoms with Gasteiger partial charge in [0, 0.05) is 45.4 Å². The molecule has 2 saturated heterocycles. The summed E-state index contributed by atoms with van der Waals surface area (Å²) in [5, 5.41) is 3.12. The summed E-state index contributed by atoms with van der Waals surface area (Å²) < 4.78 is 10.7. The van der Waals surface area contributed by atoms with E-state index in [4.69, 9.17) is 9.47 Å². The topological polar surface area (TPSA) is 54.0 Å². The van der Waals surface area contributed by atoms with Crippen molar-refractivity contribution < 1.29 is 14.3 Å². The van der Waals surface area contributed by atoms with Crippen LogP contribution in [0, 0.1) is 0 Å². The average molecular weight is 299 g/mol. The van der Waals surface area contributed by atoms with E-state index in [0.29, 0.717) is 0 Å². The first-order valence-corrected chi connectivity index (χ1v) is 8.00. The molecule has 2 aliphatic rings. The molecule has 2 heterocycles. The predicted octanol–water partition coefficient (Wildman–Crippen LogP) is 0.916. The molecule has 6 nitrogen and oxygen atoms in total. The lowest BCUT2D eigenvalue weighted by Gasteiger charge is -2.38. The lowest BCUT2D eigenvalue weighted by Crippen LogP contribution is -2.54. The van der Waals surface area contributed by atoms with Crippen molar-refractivity contribution in [1.82, 2.24) is 15.1 Å². The largest absolute Gasteiger partial charge is 0.381 e. The van der Waals surface area contributed by atoms with Crippen LogP contribution in [0.25, 0.3) is 0 Å². The number of hydrogen-bond donors (Lipinski definition) is 1. The number of rotatable bonds is 4. The molecule has 2 amide bonds. The van der Waals surface area contributed by atoms with Crippen LogP contribution in [-0.4, -0.2) is 80.5 Å². The SMILES string of the molecule is COC1CCN(C(=O)NC(C)CN2CCOCC2)C(C)C1. The molecule has 0 radical (unpaired) electrons. The highest BCUT2D eigenvalue weighted by Gasteiger charge is 2.29. The van der Waals surface area contributed by atoms with Crippen LogP contribution in [0.3, 0.4) is 0 Å². The monoisotopic (exact) mass is 299 g/mol. The van der Waals surface area contributed by atoms with Gasteiger partial charge in [-0.15, -0.1) is 0 Å². The van der Waals surface area contributed by atoms with E-state index in [-0.39, 0.29) is 24.2 Å². The Labute approximate surface area is 127 Å². The molecule has 0 aromatic carbocycles. The van der Waals surface area contributed by atoms with E-state index >= 15 is 0 Å². The van der Waals surface area contributed by atoms with Crippen molar-refractivity contribution in [3.8, 4) is 0 Å². The zero-order chi connectivity index (χ0) is 15.2. The van der Waals surface area contributed by atoms with Gasteiger partial charge < -0.3 is 19.7 Å². The van der Waals surface area contributed by atoms with Crippen molar-refractivity contribution in [3.63, 3.8) is 0 Å². The summed E-state index contributed by atoms with van der Waals surface area (Å²) in [6.45, 7) is 9.32. The van der Waals surface area contributed by atoms with Gasteiger partial charge in [-0.2, -0.15) is 0 Å². The second-order valence-electron chi connectivity index (χ2n) is 6.19. The van der Waals surface area contributed by atoms with Gasteiger partial charge in [-0.1, -0.05) is 0 Å². The highest BCUT2D eigenvalue weighted by atomic mass is 16.5. The van der Waals surface area contributed by atoms with Crippen molar-refractivity contribution in [2.24, 2.45) is 0 Å². The van der Waals surface area contributed by atoms with Crippen LogP contribution in [0.2, 0.25) is 0 Å². The number of amides is 2. The van der Waals surface area contributed by atoms with Crippen LogP contribution in [0.15, 0.2) is 0 Å².